The monoisotopic (exact) mass is 330 g/mol. The summed E-state index contributed by atoms with van der Waals surface area (Å²) in [6, 6.07) is 8.75. The molecule has 2 aromatic rings. The number of hydrogen-bond acceptors (Lipinski definition) is 4. The Kier molecular flexibility index (Phi) is 5.23. The highest BCUT2D eigenvalue weighted by Crippen LogP contribution is 2.14. The third-order valence-electron chi connectivity index (χ3n) is 3.14. The van der Waals surface area contributed by atoms with Gasteiger partial charge in [-0.05, 0) is 24.4 Å². The van der Waals surface area contributed by atoms with Gasteiger partial charge in [-0.3, -0.25) is 20.3 Å². The van der Waals surface area contributed by atoms with Gasteiger partial charge >= 0.3 is 0 Å². The smallest absolute Gasteiger partial charge is 0.257 e. The molecule has 0 fully saturated rings. The third kappa shape index (κ3) is 4.01. The van der Waals surface area contributed by atoms with E-state index < -0.39 is 0 Å². The first-order valence-corrected chi connectivity index (χ1v) is 7.57. The average Bonchev–Trinajstić information content (AvgIpc) is 2.91. The van der Waals surface area contributed by atoms with Crippen molar-refractivity contribution >= 4 is 29.0 Å². The van der Waals surface area contributed by atoms with Crippen molar-refractivity contribution < 1.29 is 9.59 Å². The Labute approximate surface area is 139 Å². The van der Waals surface area contributed by atoms with E-state index >= 15 is 0 Å². The number of carbonyl (C=O) groups is 2. The Morgan fingerprint density at radius 2 is 1.87 bits per heavy atom. The SMILES string of the molecule is CC(=O)c1cnc(C(C)C)n1NC(=S)NC(=O)c1ccccc1. The molecule has 1 heterocycles. The van der Waals surface area contributed by atoms with Crippen LogP contribution in [-0.2, 0) is 0 Å². The number of carbonyl (C=O) groups excluding carboxylic acids is 2. The molecule has 6 nitrogen and oxygen atoms in total. The number of thiocarbonyl (C=S) groups is 1. The summed E-state index contributed by atoms with van der Waals surface area (Å²) < 4.78 is 1.51. The molecular formula is C16H18N4O2S. The summed E-state index contributed by atoms with van der Waals surface area (Å²) in [7, 11) is 0. The largest absolute Gasteiger partial charge is 0.298 e. The quantitative estimate of drug-likeness (QED) is 0.665. The number of Topliss-reactive ketones (excluding diaryl/α,β-unsaturated/α-hetero) is 1. The van der Waals surface area contributed by atoms with E-state index in [2.05, 4.69) is 15.7 Å². The maximum Gasteiger partial charge on any atom is 0.257 e. The van der Waals surface area contributed by atoms with E-state index in [-0.39, 0.29) is 22.7 Å². The zero-order valence-corrected chi connectivity index (χ0v) is 14.0. The molecule has 7 heteroatoms. The number of amides is 1. The summed E-state index contributed by atoms with van der Waals surface area (Å²) in [6.07, 6.45) is 1.49. The molecule has 23 heavy (non-hydrogen) atoms. The van der Waals surface area contributed by atoms with Gasteiger partial charge in [-0.15, -0.1) is 0 Å². The van der Waals surface area contributed by atoms with Gasteiger partial charge in [0.25, 0.3) is 5.91 Å². The van der Waals surface area contributed by atoms with E-state index in [1.807, 2.05) is 19.9 Å². The van der Waals surface area contributed by atoms with Crippen LogP contribution in [0.1, 0.15) is 53.4 Å². The maximum absolute atomic E-state index is 12.1. The van der Waals surface area contributed by atoms with Crippen molar-refractivity contribution in [3.05, 3.63) is 53.6 Å². The number of ketones is 1. The van der Waals surface area contributed by atoms with Crippen LogP contribution in [0.15, 0.2) is 36.5 Å². The third-order valence-corrected chi connectivity index (χ3v) is 3.34. The topological polar surface area (TPSA) is 76.0 Å². The van der Waals surface area contributed by atoms with Crippen LogP contribution in [0.5, 0.6) is 0 Å². The predicted molar refractivity (Wildman–Crippen MR) is 92.2 cm³/mol. The van der Waals surface area contributed by atoms with E-state index in [9.17, 15) is 9.59 Å². The molecule has 0 atom stereocenters. The highest BCUT2D eigenvalue weighted by molar-refractivity contribution is 7.80. The number of aromatic nitrogens is 2. The zero-order chi connectivity index (χ0) is 17.0. The fourth-order valence-corrected chi connectivity index (χ4v) is 2.22. The van der Waals surface area contributed by atoms with Crippen molar-refractivity contribution in [1.82, 2.24) is 15.0 Å². The lowest BCUT2D eigenvalue weighted by Gasteiger charge is -2.16. The molecule has 2 rings (SSSR count). The molecule has 1 aromatic carbocycles. The molecule has 0 saturated carbocycles. The van der Waals surface area contributed by atoms with E-state index in [0.29, 0.717) is 17.1 Å². The lowest BCUT2D eigenvalue weighted by Crippen LogP contribution is -2.39. The standard InChI is InChI=1S/C16H18N4O2S/c1-10(2)14-17-9-13(11(3)21)20(14)19-16(23)18-15(22)12-7-5-4-6-8-12/h4-10H,1-3H3,(H2,18,19,22,23). The number of benzene rings is 1. The van der Waals surface area contributed by atoms with E-state index in [0.717, 1.165) is 0 Å². The molecular weight excluding hydrogens is 312 g/mol. The molecule has 1 aromatic heterocycles. The number of nitrogens with zero attached hydrogens (tertiary/aromatic N) is 2. The average molecular weight is 330 g/mol. The predicted octanol–water partition coefficient (Wildman–Crippen LogP) is 2.47. The molecule has 120 valence electrons. The molecule has 0 aliphatic rings. The minimum Gasteiger partial charge on any atom is -0.298 e. The van der Waals surface area contributed by atoms with E-state index in [4.69, 9.17) is 12.2 Å². The van der Waals surface area contributed by atoms with Gasteiger partial charge in [-0.2, -0.15) is 0 Å². The Morgan fingerprint density at radius 3 is 2.43 bits per heavy atom. The minimum atomic E-state index is -0.321. The fraction of sp³-hybridized carbons (Fsp3) is 0.250. The van der Waals surface area contributed by atoms with Gasteiger partial charge in [0.2, 0.25) is 0 Å². The van der Waals surface area contributed by atoms with E-state index in [1.165, 1.54) is 17.8 Å². The molecule has 0 aliphatic carbocycles. The summed E-state index contributed by atoms with van der Waals surface area (Å²) in [5.74, 6) is 0.280. The molecule has 0 saturated heterocycles. The highest BCUT2D eigenvalue weighted by Gasteiger charge is 2.17. The number of hydrogen-bond donors (Lipinski definition) is 2. The molecule has 1 amide bonds. The Hall–Kier alpha value is -2.54. The summed E-state index contributed by atoms with van der Waals surface area (Å²) in [5, 5.41) is 2.69. The van der Waals surface area contributed by atoms with Crippen molar-refractivity contribution in [2.45, 2.75) is 26.7 Å². The first-order chi connectivity index (χ1) is 10.9. The van der Waals surface area contributed by atoms with Crippen LogP contribution < -0.4 is 10.7 Å². The normalized spacial score (nSPS) is 10.4. The van der Waals surface area contributed by atoms with Crippen LogP contribution in [0.2, 0.25) is 0 Å². The molecule has 0 spiro atoms. The lowest BCUT2D eigenvalue weighted by atomic mass is 10.2. The fourth-order valence-electron chi connectivity index (χ4n) is 2.03. The van der Waals surface area contributed by atoms with Gasteiger partial charge in [0.15, 0.2) is 10.9 Å². The Bertz CT molecular complexity index is 738. The summed E-state index contributed by atoms with van der Waals surface area (Å²) in [6.45, 7) is 5.36. The number of rotatable bonds is 4. The van der Waals surface area contributed by atoms with Gasteiger partial charge in [-0.1, -0.05) is 32.0 Å². The van der Waals surface area contributed by atoms with Crippen LogP contribution in [0.25, 0.3) is 0 Å². The Morgan fingerprint density at radius 1 is 1.22 bits per heavy atom. The second-order valence-electron chi connectivity index (χ2n) is 5.31. The van der Waals surface area contributed by atoms with E-state index in [1.54, 1.807) is 24.3 Å². The molecule has 0 aliphatic heterocycles. The Balaban J connectivity index is 2.16. The van der Waals surface area contributed by atoms with Crippen molar-refractivity contribution in [1.29, 1.82) is 0 Å². The van der Waals surface area contributed by atoms with Crippen LogP contribution in [0, 0.1) is 0 Å². The van der Waals surface area contributed by atoms with Crippen LogP contribution >= 0.6 is 12.2 Å². The minimum absolute atomic E-state index is 0.0863. The summed E-state index contributed by atoms with van der Waals surface area (Å²) in [4.78, 5) is 28.0. The summed E-state index contributed by atoms with van der Waals surface area (Å²) in [5.41, 5.74) is 3.73. The highest BCUT2D eigenvalue weighted by atomic mass is 32.1. The van der Waals surface area contributed by atoms with Gasteiger partial charge in [0.1, 0.15) is 11.5 Å². The molecule has 0 bridgehead atoms. The van der Waals surface area contributed by atoms with Crippen LogP contribution in [0.4, 0.5) is 0 Å². The second kappa shape index (κ2) is 7.15. The first-order valence-electron chi connectivity index (χ1n) is 7.16. The maximum atomic E-state index is 12.1. The first kappa shape index (κ1) is 16.8. The lowest BCUT2D eigenvalue weighted by molar-refractivity contribution is 0.0976. The molecule has 2 N–H and O–H groups in total. The van der Waals surface area contributed by atoms with Gasteiger partial charge in [0.05, 0.1) is 6.20 Å². The van der Waals surface area contributed by atoms with Crippen molar-refractivity contribution in [2.24, 2.45) is 0 Å². The van der Waals surface area contributed by atoms with Crippen molar-refractivity contribution in [3.63, 3.8) is 0 Å². The zero-order valence-electron chi connectivity index (χ0n) is 13.2. The van der Waals surface area contributed by atoms with Gasteiger partial charge in [0, 0.05) is 18.4 Å². The molecule has 0 unspecified atom stereocenters. The summed E-state index contributed by atoms with van der Waals surface area (Å²) >= 11 is 5.17. The van der Waals surface area contributed by atoms with Gasteiger partial charge < -0.3 is 0 Å². The number of imidazole rings is 1. The van der Waals surface area contributed by atoms with Gasteiger partial charge in [-0.25, -0.2) is 9.66 Å². The van der Waals surface area contributed by atoms with Crippen molar-refractivity contribution in [3.8, 4) is 0 Å². The molecule has 0 radical (unpaired) electrons. The van der Waals surface area contributed by atoms with Crippen molar-refractivity contribution in [2.75, 3.05) is 5.43 Å². The second-order valence-corrected chi connectivity index (χ2v) is 5.72. The van der Waals surface area contributed by atoms with Crippen LogP contribution in [0.3, 0.4) is 0 Å². The number of nitrogens with one attached hydrogen (secondary N) is 2. The van der Waals surface area contributed by atoms with Crippen LogP contribution in [-0.4, -0.2) is 26.5 Å².